The third-order valence-electron chi connectivity index (χ3n) is 6.56. The second-order valence-corrected chi connectivity index (χ2v) is 8.98. The number of hydrogen-bond acceptors (Lipinski definition) is 7. The quantitative estimate of drug-likeness (QED) is 0.549. The van der Waals surface area contributed by atoms with Crippen LogP contribution < -0.4 is 20.3 Å². The summed E-state index contributed by atoms with van der Waals surface area (Å²) in [5, 5.41) is 5.36. The summed E-state index contributed by atoms with van der Waals surface area (Å²) in [6, 6.07) is 12.2. The summed E-state index contributed by atoms with van der Waals surface area (Å²) in [6.45, 7) is 2.28. The number of hydrogen-bond donors (Lipinski definition) is 2. The third kappa shape index (κ3) is 6.36. The van der Waals surface area contributed by atoms with E-state index in [0.29, 0.717) is 51.1 Å². The van der Waals surface area contributed by atoms with Gasteiger partial charge in [-0.05, 0) is 49.2 Å². The first kappa shape index (κ1) is 27.2. The van der Waals surface area contributed by atoms with Crippen molar-refractivity contribution in [3.05, 3.63) is 59.2 Å². The van der Waals surface area contributed by atoms with Crippen molar-refractivity contribution in [1.29, 1.82) is 0 Å². The van der Waals surface area contributed by atoms with E-state index in [4.69, 9.17) is 4.74 Å². The normalized spacial score (nSPS) is 17.7. The molecule has 2 aromatic rings. The monoisotopic (exact) mass is 534 g/mol. The molecule has 12 heteroatoms. The molecule has 204 valence electrons. The third-order valence-corrected chi connectivity index (χ3v) is 6.56. The number of carbonyl (C=O) groups excluding carboxylic acids is 3. The first-order valence-corrected chi connectivity index (χ1v) is 12.3. The van der Waals surface area contributed by atoms with E-state index >= 15 is 0 Å². The number of carbonyl (C=O) groups is 3. The Balaban J connectivity index is 1.35. The van der Waals surface area contributed by atoms with Gasteiger partial charge < -0.3 is 24.6 Å². The summed E-state index contributed by atoms with van der Waals surface area (Å²) in [5.41, 5.74) is 2.06. The molecule has 2 aromatic carbocycles. The summed E-state index contributed by atoms with van der Waals surface area (Å²) < 4.78 is 48.3. The molecule has 1 unspecified atom stereocenters. The Morgan fingerprint density at radius 3 is 2.53 bits per heavy atom. The van der Waals surface area contributed by atoms with Crippen molar-refractivity contribution < 1.29 is 37.0 Å². The van der Waals surface area contributed by atoms with Gasteiger partial charge in [-0.2, -0.15) is 13.2 Å². The molecule has 1 saturated heterocycles. The topological polar surface area (TPSA) is 100 Å². The second-order valence-electron chi connectivity index (χ2n) is 8.98. The number of alkyl halides is 3. The molecule has 38 heavy (non-hydrogen) atoms. The van der Waals surface area contributed by atoms with E-state index < -0.39 is 24.3 Å². The van der Waals surface area contributed by atoms with Crippen molar-refractivity contribution in [3.8, 4) is 5.75 Å². The molecule has 0 radical (unpaired) electrons. The van der Waals surface area contributed by atoms with E-state index in [1.807, 2.05) is 24.3 Å². The number of fused-ring (bicyclic) bond motifs is 1. The van der Waals surface area contributed by atoms with Gasteiger partial charge in [0.1, 0.15) is 5.75 Å². The molecule has 0 bridgehead atoms. The highest BCUT2D eigenvalue weighted by atomic mass is 19.4. The number of anilines is 1. The summed E-state index contributed by atoms with van der Waals surface area (Å²) in [6.07, 6.45) is -5.31. The maximum atomic E-state index is 12.8. The number of aryl methyl sites for hydroxylation is 1. The van der Waals surface area contributed by atoms with Crippen LogP contribution in [0.4, 0.5) is 18.9 Å². The molecule has 0 aromatic heterocycles. The smallest absolute Gasteiger partial charge is 0.490 e. The van der Waals surface area contributed by atoms with Crippen molar-refractivity contribution in [2.45, 2.75) is 25.2 Å². The van der Waals surface area contributed by atoms with Crippen molar-refractivity contribution in [2.75, 3.05) is 51.3 Å². The highest BCUT2D eigenvalue weighted by Gasteiger charge is 2.43. The lowest BCUT2D eigenvalue weighted by Gasteiger charge is -2.36. The van der Waals surface area contributed by atoms with Crippen molar-refractivity contribution >= 4 is 23.5 Å². The minimum atomic E-state index is -5.14. The molecule has 2 aliphatic rings. The highest BCUT2D eigenvalue weighted by molar-refractivity contribution is 5.96. The maximum absolute atomic E-state index is 12.8. The molecule has 9 nitrogen and oxygen atoms in total. The van der Waals surface area contributed by atoms with Gasteiger partial charge in [-0.25, -0.2) is 4.79 Å². The van der Waals surface area contributed by atoms with Crippen LogP contribution >= 0.6 is 0 Å². The molecule has 2 amide bonds. The molecule has 1 fully saturated rings. The van der Waals surface area contributed by atoms with Gasteiger partial charge in [0.15, 0.2) is 6.23 Å². The standard InChI is InChI=1S/C26H29F3N4O5/c1-37-21-7-3-2-6-20(21)32-11-13-33(14-12-32)22(34)16-31-23(35)18-9-8-17-5-4-10-30-24(19(17)15-18)38-25(36)26(27,28)29/h2-3,6-9,15,24,30H,4-5,10-14,16H2,1H3,(H,31,35). The van der Waals surface area contributed by atoms with Crippen molar-refractivity contribution in [1.82, 2.24) is 15.5 Å². The van der Waals surface area contributed by atoms with Gasteiger partial charge in [-0.1, -0.05) is 18.2 Å². The summed E-state index contributed by atoms with van der Waals surface area (Å²) in [5.74, 6) is -2.36. The van der Waals surface area contributed by atoms with E-state index in [-0.39, 0.29) is 23.6 Å². The van der Waals surface area contributed by atoms with E-state index in [2.05, 4.69) is 20.3 Å². The number of amides is 2. The number of ether oxygens (including phenoxy) is 2. The van der Waals surface area contributed by atoms with E-state index in [9.17, 15) is 27.6 Å². The average Bonchev–Trinajstić information content (AvgIpc) is 3.12. The van der Waals surface area contributed by atoms with Crippen molar-refractivity contribution in [3.63, 3.8) is 0 Å². The molecular weight excluding hydrogens is 505 g/mol. The lowest BCUT2D eigenvalue weighted by molar-refractivity contribution is -0.206. The Bertz CT molecular complexity index is 1180. The molecule has 4 rings (SSSR count). The summed E-state index contributed by atoms with van der Waals surface area (Å²) >= 11 is 0. The van der Waals surface area contributed by atoms with Crippen LogP contribution in [0.3, 0.4) is 0 Å². The molecular formula is C26H29F3N4O5. The predicted molar refractivity (Wildman–Crippen MR) is 132 cm³/mol. The van der Waals surface area contributed by atoms with Gasteiger partial charge in [-0.3, -0.25) is 14.9 Å². The van der Waals surface area contributed by atoms with Gasteiger partial charge in [0.2, 0.25) is 5.91 Å². The fraction of sp³-hybridized carbons (Fsp3) is 0.423. The van der Waals surface area contributed by atoms with Crippen LogP contribution in [-0.2, 0) is 20.7 Å². The fourth-order valence-corrected chi connectivity index (χ4v) is 4.57. The number of halogens is 3. The Kier molecular flexibility index (Phi) is 8.40. The predicted octanol–water partition coefficient (Wildman–Crippen LogP) is 2.41. The molecule has 0 aliphatic carbocycles. The maximum Gasteiger partial charge on any atom is 0.490 e. The lowest BCUT2D eigenvalue weighted by atomic mass is 10.00. The Morgan fingerprint density at radius 2 is 1.82 bits per heavy atom. The fourth-order valence-electron chi connectivity index (χ4n) is 4.57. The Labute approximate surface area is 217 Å². The number of nitrogens with one attached hydrogen (secondary N) is 2. The summed E-state index contributed by atoms with van der Waals surface area (Å²) in [7, 11) is 1.61. The minimum absolute atomic E-state index is 0.147. The van der Waals surface area contributed by atoms with Crippen LogP contribution in [-0.4, -0.2) is 75.2 Å². The van der Waals surface area contributed by atoms with Crippen molar-refractivity contribution in [2.24, 2.45) is 0 Å². The van der Waals surface area contributed by atoms with Crippen LogP contribution in [0, 0.1) is 0 Å². The lowest BCUT2D eigenvalue weighted by Crippen LogP contribution is -2.51. The minimum Gasteiger partial charge on any atom is -0.495 e. The van der Waals surface area contributed by atoms with Crippen LogP contribution in [0.1, 0.15) is 34.1 Å². The summed E-state index contributed by atoms with van der Waals surface area (Å²) in [4.78, 5) is 40.7. The van der Waals surface area contributed by atoms with Crippen LogP contribution in [0.2, 0.25) is 0 Å². The first-order valence-electron chi connectivity index (χ1n) is 12.3. The van der Waals surface area contributed by atoms with E-state index in [0.717, 1.165) is 11.4 Å². The zero-order valence-electron chi connectivity index (χ0n) is 20.8. The largest absolute Gasteiger partial charge is 0.495 e. The van der Waals surface area contributed by atoms with Gasteiger partial charge in [0, 0.05) is 37.3 Å². The molecule has 2 aliphatic heterocycles. The van der Waals surface area contributed by atoms with Gasteiger partial charge in [-0.15, -0.1) is 0 Å². The molecule has 2 heterocycles. The first-order chi connectivity index (χ1) is 18.2. The zero-order valence-corrected chi connectivity index (χ0v) is 20.8. The van der Waals surface area contributed by atoms with E-state index in [1.165, 1.54) is 6.07 Å². The number of methoxy groups -OCH3 is 1. The van der Waals surface area contributed by atoms with Crippen LogP contribution in [0.15, 0.2) is 42.5 Å². The Morgan fingerprint density at radius 1 is 1.08 bits per heavy atom. The van der Waals surface area contributed by atoms with Gasteiger partial charge >= 0.3 is 12.1 Å². The van der Waals surface area contributed by atoms with Crippen LogP contribution in [0.25, 0.3) is 0 Å². The number of benzene rings is 2. The molecule has 1 atom stereocenters. The second kappa shape index (κ2) is 11.7. The molecule has 0 saturated carbocycles. The number of esters is 1. The zero-order chi connectivity index (χ0) is 27.3. The van der Waals surface area contributed by atoms with E-state index in [1.54, 1.807) is 24.1 Å². The number of nitrogens with zero attached hydrogens (tertiary/aromatic N) is 2. The highest BCUT2D eigenvalue weighted by Crippen LogP contribution is 2.29. The number of para-hydroxylation sites is 2. The van der Waals surface area contributed by atoms with Gasteiger partial charge in [0.25, 0.3) is 5.91 Å². The molecule has 0 spiro atoms. The van der Waals surface area contributed by atoms with Crippen LogP contribution in [0.5, 0.6) is 5.75 Å². The molecule has 2 N–H and O–H groups in total. The number of piperazine rings is 1. The Hall–Kier alpha value is -3.80. The average molecular weight is 535 g/mol. The SMILES string of the molecule is COc1ccccc1N1CCN(C(=O)CNC(=O)c2ccc3c(c2)C(OC(=O)C(F)(F)F)NCCC3)CC1. The van der Waals surface area contributed by atoms with Gasteiger partial charge in [0.05, 0.1) is 19.3 Å². The number of rotatable bonds is 6.